The zero-order valence-electron chi connectivity index (χ0n) is 10.1. The van der Waals surface area contributed by atoms with Gasteiger partial charge in [-0.3, -0.25) is 0 Å². The first-order valence-electron chi connectivity index (χ1n) is 5.39. The molecule has 0 rings (SSSR count). The van der Waals surface area contributed by atoms with E-state index in [9.17, 15) is 0 Å². The summed E-state index contributed by atoms with van der Waals surface area (Å²) in [4.78, 5) is -0.0679. The molecule has 0 aliphatic heterocycles. The molecule has 0 bridgehead atoms. The summed E-state index contributed by atoms with van der Waals surface area (Å²) in [5.74, 6) is 0.742. The minimum Gasteiger partial charge on any atom is -0.119 e. The van der Waals surface area contributed by atoms with Gasteiger partial charge in [0.05, 0.1) is 0 Å². The molecule has 0 saturated carbocycles. The Kier molecular flexibility index (Phi) is 4.79. The number of halogens is 1. The van der Waals surface area contributed by atoms with Crippen molar-refractivity contribution in [2.24, 2.45) is 11.3 Å². The second-order valence-electron chi connectivity index (χ2n) is 5.55. The van der Waals surface area contributed by atoms with Gasteiger partial charge >= 0.3 is 0 Å². The molecule has 0 saturated heterocycles. The van der Waals surface area contributed by atoms with E-state index < -0.39 is 0 Å². The van der Waals surface area contributed by atoms with E-state index in [4.69, 9.17) is 11.6 Å². The van der Waals surface area contributed by atoms with Crippen LogP contribution in [0.25, 0.3) is 0 Å². The van der Waals surface area contributed by atoms with E-state index in [0.29, 0.717) is 0 Å². The lowest BCUT2D eigenvalue weighted by Gasteiger charge is -2.38. The predicted molar refractivity (Wildman–Crippen MR) is 62.4 cm³/mol. The van der Waals surface area contributed by atoms with Crippen LogP contribution in [-0.4, -0.2) is 4.87 Å². The molecule has 0 aromatic carbocycles. The summed E-state index contributed by atoms with van der Waals surface area (Å²) >= 11 is 6.54. The fourth-order valence-electron chi connectivity index (χ4n) is 1.56. The fraction of sp³-hybridized carbons (Fsp3) is 1.00. The molecule has 0 aromatic heterocycles. The largest absolute Gasteiger partial charge is 0.119 e. The van der Waals surface area contributed by atoms with Crippen LogP contribution in [0.1, 0.15) is 60.8 Å². The molecular formula is C12H25Cl. The third kappa shape index (κ3) is 4.35. The summed E-state index contributed by atoms with van der Waals surface area (Å²) in [6.07, 6.45) is 3.67. The SMILES string of the molecule is CCCC(C)CC(C)(Cl)C(C)(C)C. The third-order valence-corrected chi connectivity index (χ3v) is 3.80. The summed E-state index contributed by atoms with van der Waals surface area (Å²) < 4.78 is 0. The van der Waals surface area contributed by atoms with Crippen LogP contribution in [0.4, 0.5) is 0 Å². The summed E-state index contributed by atoms with van der Waals surface area (Å²) in [5.41, 5.74) is 0.191. The highest BCUT2D eigenvalue weighted by molar-refractivity contribution is 6.24. The maximum atomic E-state index is 6.54. The van der Waals surface area contributed by atoms with Crippen LogP contribution in [-0.2, 0) is 0 Å². The minimum absolute atomic E-state index is 0.0679. The van der Waals surface area contributed by atoms with Crippen LogP contribution in [0.5, 0.6) is 0 Å². The molecule has 0 radical (unpaired) electrons. The summed E-state index contributed by atoms with van der Waals surface area (Å²) in [7, 11) is 0. The molecule has 1 heteroatoms. The lowest BCUT2D eigenvalue weighted by atomic mass is 9.76. The van der Waals surface area contributed by atoms with Crippen LogP contribution in [0, 0.1) is 11.3 Å². The van der Waals surface area contributed by atoms with Gasteiger partial charge in [-0.25, -0.2) is 0 Å². The van der Waals surface area contributed by atoms with Gasteiger partial charge in [-0.1, -0.05) is 47.5 Å². The van der Waals surface area contributed by atoms with Gasteiger partial charge in [0.2, 0.25) is 0 Å². The van der Waals surface area contributed by atoms with E-state index in [1.165, 1.54) is 12.8 Å². The van der Waals surface area contributed by atoms with Gasteiger partial charge in [-0.15, -0.1) is 11.6 Å². The first kappa shape index (κ1) is 13.3. The van der Waals surface area contributed by atoms with Crippen molar-refractivity contribution in [1.82, 2.24) is 0 Å². The third-order valence-electron chi connectivity index (χ3n) is 3.08. The smallest absolute Gasteiger partial charge is 0.0469 e. The van der Waals surface area contributed by atoms with Gasteiger partial charge < -0.3 is 0 Å². The summed E-state index contributed by atoms with van der Waals surface area (Å²) in [6.45, 7) is 13.4. The minimum atomic E-state index is -0.0679. The number of alkyl halides is 1. The predicted octanol–water partition coefficient (Wildman–Crippen LogP) is 4.86. The maximum absolute atomic E-state index is 6.54. The van der Waals surface area contributed by atoms with Crippen LogP contribution < -0.4 is 0 Å². The molecule has 13 heavy (non-hydrogen) atoms. The van der Waals surface area contributed by atoms with Crippen LogP contribution >= 0.6 is 11.6 Å². The Balaban J connectivity index is 4.17. The van der Waals surface area contributed by atoms with Crippen molar-refractivity contribution in [3.8, 4) is 0 Å². The number of hydrogen-bond donors (Lipinski definition) is 0. The monoisotopic (exact) mass is 204 g/mol. The Morgan fingerprint density at radius 1 is 1.15 bits per heavy atom. The molecule has 0 nitrogen and oxygen atoms in total. The van der Waals surface area contributed by atoms with Crippen molar-refractivity contribution < 1.29 is 0 Å². The molecule has 0 N–H and O–H groups in total. The summed E-state index contributed by atoms with van der Waals surface area (Å²) in [5, 5.41) is 0. The van der Waals surface area contributed by atoms with Gasteiger partial charge in [-0.05, 0) is 24.7 Å². The van der Waals surface area contributed by atoms with Gasteiger partial charge in [0.25, 0.3) is 0 Å². The molecule has 0 spiro atoms. The molecule has 2 atom stereocenters. The van der Waals surface area contributed by atoms with Crippen LogP contribution in [0.15, 0.2) is 0 Å². The second kappa shape index (κ2) is 4.68. The fourth-order valence-corrected chi connectivity index (χ4v) is 1.82. The van der Waals surface area contributed by atoms with E-state index in [2.05, 4.69) is 41.5 Å². The average Bonchev–Trinajstić information content (AvgIpc) is 1.83. The standard InChI is InChI=1S/C12H25Cl/c1-7-8-10(2)9-12(6,13)11(3,4)5/h10H,7-9H2,1-6H3. The lowest BCUT2D eigenvalue weighted by molar-refractivity contribution is 0.243. The molecule has 80 valence electrons. The van der Waals surface area contributed by atoms with E-state index in [0.717, 1.165) is 12.3 Å². The molecule has 0 fully saturated rings. The van der Waals surface area contributed by atoms with Crippen molar-refractivity contribution >= 4 is 11.6 Å². The van der Waals surface area contributed by atoms with E-state index >= 15 is 0 Å². The van der Waals surface area contributed by atoms with Crippen molar-refractivity contribution in [1.29, 1.82) is 0 Å². The van der Waals surface area contributed by atoms with E-state index in [-0.39, 0.29) is 10.3 Å². The second-order valence-corrected chi connectivity index (χ2v) is 6.38. The van der Waals surface area contributed by atoms with Crippen molar-refractivity contribution in [2.75, 3.05) is 0 Å². The zero-order chi connectivity index (χ0) is 10.7. The van der Waals surface area contributed by atoms with E-state index in [1.807, 2.05) is 0 Å². The lowest BCUT2D eigenvalue weighted by Crippen LogP contribution is -2.35. The Bertz CT molecular complexity index is 142. The maximum Gasteiger partial charge on any atom is 0.0469 e. The summed E-state index contributed by atoms with van der Waals surface area (Å²) in [6, 6.07) is 0. The van der Waals surface area contributed by atoms with E-state index in [1.54, 1.807) is 0 Å². The van der Waals surface area contributed by atoms with Crippen LogP contribution in [0.2, 0.25) is 0 Å². The molecule has 0 aliphatic carbocycles. The molecule has 0 heterocycles. The Labute approximate surface area is 89.1 Å². The topological polar surface area (TPSA) is 0 Å². The van der Waals surface area contributed by atoms with Crippen molar-refractivity contribution in [3.63, 3.8) is 0 Å². The quantitative estimate of drug-likeness (QED) is 0.574. The first-order chi connectivity index (χ1) is 5.70. The van der Waals surface area contributed by atoms with Gasteiger partial charge in [0.1, 0.15) is 0 Å². The van der Waals surface area contributed by atoms with Gasteiger partial charge in [0.15, 0.2) is 0 Å². The van der Waals surface area contributed by atoms with Crippen molar-refractivity contribution in [3.05, 3.63) is 0 Å². The van der Waals surface area contributed by atoms with Crippen molar-refractivity contribution in [2.45, 2.75) is 65.7 Å². The molecule has 2 unspecified atom stereocenters. The number of rotatable bonds is 4. The zero-order valence-corrected chi connectivity index (χ0v) is 10.8. The molecule has 0 aliphatic rings. The first-order valence-corrected chi connectivity index (χ1v) is 5.77. The molecule has 0 amide bonds. The Morgan fingerprint density at radius 3 is 1.92 bits per heavy atom. The molecular weight excluding hydrogens is 180 g/mol. The Hall–Kier alpha value is 0.290. The normalized spacial score (nSPS) is 19.6. The molecule has 0 aromatic rings. The average molecular weight is 205 g/mol. The highest BCUT2D eigenvalue weighted by Crippen LogP contribution is 2.41. The highest BCUT2D eigenvalue weighted by Gasteiger charge is 2.36. The highest BCUT2D eigenvalue weighted by atomic mass is 35.5. The Morgan fingerprint density at radius 2 is 1.62 bits per heavy atom. The van der Waals surface area contributed by atoms with Crippen LogP contribution in [0.3, 0.4) is 0 Å². The number of hydrogen-bond acceptors (Lipinski definition) is 0. The van der Waals surface area contributed by atoms with Gasteiger partial charge in [-0.2, -0.15) is 0 Å². The van der Waals surface area contributed by atoms with Gasteiger partial charge in [0, 0.05) is 4.87 Å².